The fourth-order valence-corrected chi connectivity index (χ4v) is 2.66. The molecular formula is C15H29F3N4O. The predicted octanol–water partition coefficient (Wildman–Crippen LogP) is 1.98. The van der Waals surface area contributed by atoms with Gasteiger partial charge in [0.25, 0.3) is 0 Å². The topological polar surface area (TPSA) is 62.9 Å². The van der Waals surface area contributed by atoms with Gasteiger partial charge in [0.2, 0.25) is 0 Å². The van der Waals surface area contributed by atoms with Crippen molar-refractivity contribution >= 4 is 5.96 Å². The van der Waals surface area contributed by atoms with Crippen molar-refractivity contribution in [2.75, 3.05) is 45.9 Å². The van der Waals surface area contributed by atoms with Crippen LogP contribution in [-0.4, -0.2) is 63.0 Å². The van der Waals surface area contributed by atoms with Crippen LogP contribution in [0.15, 0.2) is 4.99 Å². The standard InChI is InChI=1S/C15H29F3N4O/c1-2-23-11-3-7-20-14(19)21-8-4-13-5-9-22(10-6-13)12-15(16,17)18/h13H,2-12H2,1H3,(H3,19,20,21). The number of rotatable bonds is 9. The number of aliphatic imine (C=N–C) groups is 1. The van der Waals surface area contributed by atoms with E-state index < -0.39 is 12.7 Å². The maximum Gasteiger partial charge on any atom is 0.401 e. The van der Waals surface area contributed by atoms with Gasteiger partial charge in [0.1, 0.15) is 0 Å². The Balaban J connectivity index is 2.07. The van der Waals surface area contributed by atoms with Crippen molar-refractivity contribution in [3.63, 3.8) is 0 Å². The Kier molecular flexibility index (Phi) is 9.31. The van der Waals surface area contributed by atoms with Crippen molar-refractivity contribution in [2.45, 2.75) is 38.8 Å². The second-order valence-corrected chi connectivity index (χ2v) is 5.87. The van der Waals surface area contributed by atoms with Gasteiger partial charge in [0.15, 0.2) is 5.96 Å². The number of nitrogens with one attached hydrogen (secondary N) is 1. The Morgan fingerprint density at radius 2 is 2.04 bits per heavy atom. The van der Waals surface area contributed by atoms with E-state index in [1.165, 1.54) is 4.90 Å². The molecule has 0 aromatic heterocycles. The fraction of sp³-hybridized carbons (Fsp3) is 0.933. The van der Waals surface area contributed by atoms with E-state index in [1.54, 1.807) is 0 Å². The summed E-state index contributed by atoms with van der Waals surface area (Å²) in [6.07, 6.45) is -0.725. The lowest BCUT2D eigenvalue weighted by Gasteiger charge is -2.32. The molecule has 0 spiro atoms. The van der Waals surface area contributed by atoms with Crippen molar-refractivity contribution in [3.05, 3.63) is 0 Å². The molecule has 1 heterocycles. The monoisotopic (exact) mass is 338 g/mol. The van der Waals surface area contributed by atoms with E-state index >= 15 is 0 Å². The number of halogens is 3. The van der Waals surface area contributed by atoms with Gasteiger partial charge in [-0.25, -0.2) is 0 Å². The lowest BCUT2D eigenvalue weighted by atomic mass is 9.93. The second-order valence-electron chi connectivity index (χ2n) is 5.87. The van der Waals surface area contributed by atoms with Crippen LogP contribution in [0.1, 0.15) is 32.6 Å². The Morgan fingerprint density at radius 3 is 2.65 bits per heavy atom. The molecule has 0 bridgehead atoms. The minimum Gasteiger partial charge on any atom is -0.382 e. The van der Waals surface area contributed by atoms with Gasteiger partial charge in [-0.15, -0.1) is 0 Å². The van der Waals surface area contributed by atoms with Crippen molar-refractivity contribution in [3.8, 4) is 0 Å². The molecule has 136 valence electrons. The van der Waals surface area contributed by atoms with Gasteiger partial charge in [-0.1, -0.05) is 0 Å². The number of hydrogen-bond acceptors (Lipinski definition) is 3. The fourth-order valence-electron chi connectivity index (χ4n) is 2.66. The van der Waals surface area contributed by atoms with Crippen molar-refractivity contribution in [2.24, 2.45) is 16.6 Å². The summed E-state index contributed by atoms with van der Waals surface area (Å²) in [5.41, 5.74) is 5.76. The van der Waals surface area contributed by atoms with E-state index in [9.17, 15) is 13.2 Å². The maximum atomic E-state index is 12.3. The van der Waals surface area contributed by atoms with E-state index in [0.717, 1.165) is 25.7 Å². The first-order valence-corrected chi connectivity index (χ1v) is 8.31. The summed E-state index contributed by atoms with van der Waals surface area (Å²) >= 11 is 0. The van der Waals surface area contributed by atoms with Crippen LogP contribution in [-0.2, 0) is 4.74 Å². The van der Waals surface area contributed by atoms with E-state index in [4.69, 9.17) is 10.5 Å². The van der Waals surface area contributed by atoms with Crippen LogP contribution in [0.3, 0.4) is 0 Å². The van der Waals surface area contributed by atoms with Gasteiger partial charge in [0, 0.05) is 26.3 Å². The Hall–Kier alpha value is -1.02. The second kappa shape index (κ2) is 10.7. The molecule has 1 rings (SSSR count). The molecule has 1 fully saturated rings. The normalized spacial score (nSPS) is 18.3. The van der Waals surface area contributed by atoms with E-state index in [2.05, 4.69) is 10.3 Å². The van der Waals surface area contributed by atoms with Crippen molar-refractivity contribution < 1.29 is 17.9 Å². The van der Waals surface area contributed by atoms with E-state index in [1.807, 2.05) is 6.92 Å². The average Bonchev–Trinajstić information content (AvgIpc) is 2.47. The lowest BCUT2D eigenvalue weighted by Crippen LogP contribution is -2.41. The molecule has 0 aliphatic carbocycles. The largest absolute Gasteiger partial charge is 0.401 e. The molecule has 8 heteroatoms. The van der Waals surface area contributed by atoms with Gasteiger partial charge in [-0.2, -0.15) is 13.2 Å². The summed E-state index contributed by atoms with van der Waals surface area (Å²) in [7, 11) is 0. The zero-order valence-corrected chi connectivity index (χ0v) is 13.9. The summed E-state index contributed by atoms with van der Waals surface area (Å²) < 4.78 is 42.1. The number of likely N-dealkylation sites (tertiary alicyclic amines) is 1. The van der Waals surface area contributed by atoms with Gasteiger partial charge in [-0.05, 0) is 51.6 Å². The summed E-state index contributed by atoms with van der Waals surface area (Å²) in [5.74, 6) is 0.883. The van der Waals surface area contributed by atoms with Crippen LogP contribution in [0.25, 0.3) is 0 Å². The number of nitrogens with zero attached hydrogens (tertiary/aromatic N) is 2. The molecule has 23 heavy (non-hydrogen) atoms. The summed E-state index contributed by atoms with van der Waals surface area (Å²) in [4.78, 5) is 5.69. The van der Waals surface area contributed by atoms with Crippen LogP contribution < -0.4 is 11.1 Å². The highest BCUT2D eigenvalue weighted by Gasteiger charge is 2.32. The van der Waals surface area contributed by atoms with E-state index in [-0.39, 0.29) is 0 Å². The summed E-state index contributed by atoms with van der Waals surface area (Å²) in [6.45, 7) is 4.94. The highest BCUT2D eigenvalue weighted by Crippen LogP contribution is 2.23. The third kappa shape index (κ3) is 10.4. The lowest BCUT2D eigenvalue weighted by molar-refractivity contribution is -0.148. The zero-order chi connectivity index (χ0) is 17.1. The number of ether oxygens (including phenoxy) is 1. The number of piperidine rings is 1. The Bertz CT molecular complexity index is 342. The van der Waals surface area contributed by atoms with Gasteiger partial charge < -0.3 is 15.8 Å². The van der Waals surface area contributed by atoms with Crippen molar-refractivity contribution in [1.82, 2.24) is 10.2 Å². The minimum atomic E-state index is -4.10. The molecular weight excluding hydrogens is 309 g/mol. The Morgan fingerprint density at radius 1 is 1.35 bits per heavy atom. The first kappa shape index (κ1) is 20.0. The predicted molar refractivity (Wildman–Crippen MR) is 85.4 cm³/mol. The molecule has 1 saturated heterocycles. The number of hydrogen-bond donors (Lipinski definition) is 2. The third-order valence-electron chi connectivity index (χ3n) is 3.90. The molecule has 0 saturated carbocycles. The van der Waals surface area contributed by atoms with Gasteiger partial charge in [-0.3, -0.25) is 9.89 Å². The maximum absolute atomic E-state index is 12.3. The summed E-state index contributed by atoms with van der Waals surface area (Å²) in [5, 5.41) is 3.06. The molecule has 1 aliphatic rings. The van der Waals surface area contributed by atoms with Gasteiger partial charge >= 0.3 is 6.18 Å². The molecule has 0 aromatic rings. The third-order valence-corrected chi connectivity index (χ3v) is 3.90. The smallest absolute Gasteiger partial charge is 0.382 e. The van der Waals surface area contributed by atoms with Gasteiger partial charge in [0.05, 0.1) is 6.54 Å². The molecule has 0 aromatic carbocycles. The molecule has 0 unspecified atom stereocenters. The SMILES string of the molecule is CCOCCCN=C(N)NCCC1CCN(CC(F)(F)F)CC1. The first-order valence-electron chi connectivity index (χ1n) is 8.31. The van der Waals surface area contributed by atoms with E-state index in [0.29, 0.717) is 51.3 Å². The molecule has 3 N–H and O–H groups in total. The molecule has 0 amide bonds. The minimum absolute atomic E-state index is 0.427. The Labute approximate surface area is 136 Å². The van der Waals surface area contributed by atoms with Crippen molar-refractivity contribution in [1.29, 1.82) is 0 Å². The number of guanidine groups is 1. The molecule has 5 nitrogen and oxygen atoms in total. The molecule has 0 radical (unpaired) electrons. The molecule has 1 aliphatic heterocycles. The number of alkyl halides is 3. The van der Waals surface area contributed by atoms with Crippen LogP contribution in [0.2, 0.25) is 0 Å². The number of nitrogens with two attached hydrogens (primary N) is 1. The van der Waals surface area contributed by atoms with Crippen LogP contribution in [0.4, 0.5) is 13.2 Å². The van der Waals surface area contributed by atoms with Crippen LogP contribution in [0.5, 0.6) is 0 Å². The average molecular weight is 338 g/mol. The first-order chi connectivity index (χ1) is 10.9. The van der Waals surface area contributed by atoms with Crippen LogP contribution >= 0.6 is 0 Å². The quantitative estimate of drug-likeness (QED) is 0.383. The van der Waals surface area contributed by atoms with Crippen LogP contribution in [0, 0.1) is 5.92 Å². The summed E-state index contributed by atoms with van der Waals surface area (Å²) in [6, 6.07) is 0. The molecule has 0 atom stereocenters. The highest BCUT2D eigenvalue weighted by atomic mass is 19.4. The highest BCUT2D eigenvalue weighted by molar-refractivity contribution is 5.77. The zero-order valence-electron chi connectivity index (χ0n) is 13.9.